The highest BCUT2D eigenvalue weighted by Gasteiger charge is 2.36. The van der Waals surface area contributed by atoms with Gasteiger partial charge in [-0.25, -0.2) is 4.79 Å². The summed E-state index contributed by atoms with van der Waals surface area (Å²) in [6, 6.07) is 0. The maximum absolute atomic E-state index is 12.8. The second-order valence-corrected chi connectivity index (χ2v) is 21.7. The maximum Gasteiger partial charge on any atom is 0.333 e. The van der Waals surface area contributed by atoms with E-state index in [4.69, 9.17) is 13.6 Å². The van der Waals surface area contributed by atoms with Gasteiger partial charge in [-0.2, -0.15) is 0 Å². The molecular formula is C27H52O5Si2. The van der Waals surface area contributed by atoms with Gasteiger partial charge >= 0.3 is 5.97 Å². The molecule has 0 saturated carbocycles. The van der Waals surface area contributed by atoms with Gasteiger partial charge in [0.25, 0.3) is 0 Å². The Morgan fingerprint density at radius 1 is 0.941 bits per heavy atom. The van der Waals surface area contributed by atoms with E-state index in [9.17, 15) is 9.59 Å². The molecule has 0 amide bonds. The lowest BCUT2D eigenvalue weighted by molar-refractivity contribution is -0.137. The molecule has 34 heavy (non-hydrogen) atoms. The van der Waals surface area contributed by atoms with Crippen LogP contribution in [0.1, 0.15) is 66.2 Å². The maximum atomic E-state index is 12.8. The van der Waals surface area contributed by atoms with Gasteiger partial charge in [-0.1, -0.05) is 40.5 Å². The largest absolute Gasteiger partial charge is 0.466 e. The van der Waals surface area contributed by atoms with Crippen LogP contribution in [0.25, 0.3) is 0 Å². The standard InChI is InChI=1S/C27H52O5Si2/c1-19(2)24-18-25(31-33(6,7)8)21(4)14-12-13-20(3)15-23(28)16-22(27(29)30-5)17-26(24)32-34(9,10)11/h16,19-21,24-26H,12-15,17-18H2,1-11H3/b22-16+/t20-,21+,24?,25+,26-/m1/s1. The summed E-state index contributed by atoms with van der Waals surface area (Å²) in [5, 5.41) is 0. The molecule has 1 aliphatic rings. The summed E-state index contributed by atoms with van der Waals surface area (Å²) in [6.45, 7) is 22.2. The van der Waals surface area contributed by atoms with Crippen LogP contribution >= 0.6 is 0 Å². The topological polar surface area (TPSA) is 61.8 Å². The number of hydrogen-bond acceptors (Lipinski definition) is 5. The lowest BCUT2D eigenvalue weighted by atomic mass is 9.79. The molecule has 0 aromatic rings. The van der Waals surface area contributed by atoms with E-state index < -0.39 is 22.6 Å². The fourth-order valence-electron chi connectivity index (χ4n) is 4.93. The highest BCUT2D eigenvalue weighted by molar-refractivity contribution is 6.70. The molecular weight excluding hydrogens is 460 g/mol. The summed E-state index contributed by atoms with van der Waals surface area (Å²) in [5.74, 6) is 0.853. The van der Waals surface area contributed by atoms with Gasteiger partial charge < -0.3 is 13.6 Å². The van der Waals surface area contributed by atoms with E-state index in [0.29, 0.717) is 30.3 Å². The van der Waals surface area contributed by atoms with Crippen LogP contribution in [0.2, 0.25) is 39.3 Å². The molecule has 1 aliphatic carbocycles. The minimum Gasteiger partial charge on any atom is -0.466 e. The molecule has 0 N–H and O–H groups in total. The second-order valence-electron chi connectivity index (χ2n) is 12.7. The Morgan fingerprint density at radius 2 is 1.50 bits per heavy atom. The van der Waals surface area contributed by atoms with Crippen LogP contribution < -0.4 is 0 Å². The summed E-state index contributed by atoms with van der Waals surface area (Å²) in [7, 11) is -2.29. The fourth-order valence-corrected chi connectivity index (χ4v) is 7.33. The van der Waals surface area contributed by atoms with Gasteiger partial charge in [0, 0.05) is 24.5 Å². The average molecular weight is 513 g/mol. The van der Waals surface area contributed by atoms with Crippen LogP contribution in [0.5, 0.6) is 0 Å². The van der Waals surface area contributed by atoms with Crippen LogP contribution in [-0.2, 0) is 23.2 Å². The van der Waals surface area contributed by atoms with Gasteiger partial charge in [-0.3, -0.25) is 4.79 Å². The third-order valence-corrected chi connectivity index (χ3v) is 8.61. The third kappa shape index (κ3) is 11.8. The number of methoxy groups -OCH3 is 1. The van der Waals surface area contributed by atoms with E-state index in [1.807, 2.05) is 0 Å². The molecule has 7 heteroatoms. The minimum atomic E-state index is -1.93. The van der Waals surface area contributed by atoms with Crippen molar-refractivity contribution < 1.29 is 23.2 Å². The number of ether oxygens (including phenoxy) is 1. The van der Waals surface area contributed by atoms with E-state index in [1.165, 1.54) is 13.2 Å². The van der Waals surface area contributed by atoms with E-state index in [-0.39, 0.29) is 29.8 Å². The van der Waals surface area contributed by atoms with Gasteiger partial charge in [0.1, 0.15) is 0 Å². The number of carbonyl (C=O) groups is 2. The van der Waals surface area contributed by atoms with Gasteiger partial charge in [0.15, 0.2) is 22.4 Å². The molecule has 0 bridgehead atoms. The predicted octanol–water partition coefficient (Wildman–Crippen LogP) is 6.99. The molecule has 5 atom stereocenters. The fraction of sp³-hybridized carbons (Fsp3) is 0.852. The Morgan fingerprint density at radius 3 is 2.00 bits per heavy atom. The van der Waals surface area contributed by atoms with Crippen LogP contribution in [0.3, 0.4) is 0 Å². The van der Waals surface area contributed by atoms with Crippen molar-refractivity contribution in [2.24, 2.45) is 23.7 Å². The van der Waals surface area contributed by atoms with Crippen molar-refractivity contribution >= 4 is 28.4 Å². The molecule has 0 fully saturated rings. The van der Waals surface area contributed by atoms with Crippen molar-refractivity contribution in [1.29, 1.82) is 0 Å². The number of carbonyl (C=O) groups excluding carboxylic acids is 2. The molecule has 5 nitrogen and oxygen atoms in total. The smallest absolute Gasteiger partial charge is 0.333 e. The van der Waals surface area contributed by atoms with E-state index in [1.54, 1.807) is 0 Å². The van der Waals surface area contributed by atoms with Gasteiger partial charge in [0.05, 0.1) is 13.2 Å². The van der Waals surface area contributed by atoms with Gasteiger partial charge in [-0.15, -0.1) is 0 Å². The first-order valence-corrected chi connectivity index (χ1v) is 20.0. The van der Waals surface area contributed by atoms with Gasteiger partial charge in [0.2, 0.25) is 0 Å². The normalized spacial score (nSPS) is 30.4. The number of hydrogen-bond donors (Lipinski definition) is 0. The first kappa shape index (κ1) is 31.3. The summed E-state index contributed by atoms with van der Waals surface area (Å²) >= 11 is 0. The quantitative estimate of drug-likeness (QED) is 0.283. The molecule has 0 aromatic carbocycles. The zero-order chi connectivity index (χ0) is 26.3. The van der Waals surface area contributed by atoms with Crippen molar-refractivity contribution in [3.8, 4) is 0 Å². The molecule has 1 unspecified atom stereocenters. The Hall–Kier alpha value is -0.766. The van der Waals surface area contributed by atoms with Crippen LogP contribution in [-0.4, -0.2) is 47.7 Å². The summed E-state index contributed by atoms with van der Waals surface area (Å²) < 4.78 is 18.6. The molecule has 1 rings (SSSR count). The molecule has 0 aromatic heterocycles. The van der Waals surface area contributed by atoms with E-state index >= 15 is 0 Å². The summed E-state index contributed by atoms with van der Waals surface area (Å²) in [5.41, 5.74) is 0.432. The van der Waals surface area contributed by atoms with Gasteiger partial charge in [-0.05, 0) is 81.9 Å². The SMILES string of the molecule is COC(=O)/C1=C/C(=O)C[C@H](C)CCC[C@H](C)[C@@H](O[Si](C)(C)C)CC(C(C)C)[C@H](O[Si](C)(C)C)C1. The zero-order valence-corrected chi connectivity index (χ0v) is 25.8. The molecule has 198 valence electrons. The van der Waals surface area contributed by atoms with Crippen LogP contribution in [0.4, 0.5) is 0 Å². The lowest BCUT2D eigenvalue weighted by Crippen LogP contribution is -2.43. The van der Waals surface area contributed by atoms with Crippen LogP contribution in [0.15, 0.2) is 11.6 Å². The second kappa shape index (κ2) is 13.5. The average Bonchev–Trinajstić information content (AvgIpc) is 2.66. The van der Waals surface area contributed by atoms with Crippen molar-refractivity contribution in [2.45, 2.75) is 118 Å². The Kier molecular flexibility index (Phi) is 12.4. The number of esters is 1. The third-order valence-electron chi connectivity index (χ3n) is 6.59. The molecule has 0 aliphatic heterocycles. The first-order valence-electron chi connectivity index (χ1n) is 13.2. The van der Waals surface area contributed by atoms with E-state index in [0.717, 1.165) is 25.7 Å². The molecule has 0 spiro atoms. The lowest BCUT2D eigenvalue weighted by Gasteiger charge is -2.40. The Bertz CT molecular complexity index is 690. The van der Waals surface area contributed by atoms with E-state index in [2.05, 4.69) is 67.0 Å². The first-order chi connectivity index (χ1) is 15.5. The van der Waals surface area contributed by atoms with Crippen molar-refractivity contribution in [2.75, 3.05) is 7.11 Å². The monoisotopic (exact) mass is 512 g/mol. The zero-order valence-electron chi connectivity index (χ0n) is 23.8. The Balaban J connectivity index is 3.53. The van der Waals surface area contributed by atoms with Crippen molar-refractivity contribution in [3.05, 3.63) is 11.6 Å². The predicted molar refractivity (Wildman–Crippen MR) is 146 cm³/mol. The number of ketones is 1. The van der Waals surface area contributed by atoms with Crippen LogP contribution in [0, 0.1) is 23.7 Å². The Labute approximate surface area is 211 Å². The highest BCUT2D eigenvalue weighted by atomic mass is 28.4. The van der Waals surface area contributed by atoms with Crippen molar-refractivity contribution in [3.63, 3.8) is 0 Å². The van der Waals surface area contributed by atoms with Crippen molar-refractivity contribution in [1.82, 2.24) is 0 Å². The summed E-state index contributed by atoms with van der Waals surface area (Å²) in [4.78, 5) is 25.6. The molecule has 0 heterocycles. The molecule has 0 saturated heterocycles. The summed E-state index contributed by atoms with van der Waals surface area (Å²) in [6.07, 6.45) is 6.47. The molecule has 0 radical (unpaired) electrons. The number of allylic oxidation sites excluding steroid dienone is 1. The number of rotatable bonds is 6. The minimum absolute atomic E-state index is 0.00537. The highest BCUT2D eigenvalue weighted by Crippen LogP contribution is 2.35.